The van der Waals surface area contributed by atoms with Crippen molar-refractivity contribution in [1.82, 2.24) is 5.32 Å². The van der Waals surface area contributed by atoms with Crippen molar-refractivity contribution in [2.24, 2.45) is 5.41 Å². The normalized spacial score (nSPS) is 23.9. The Hall–Kier alpha value is -1.68. The molecule has 21 heavy (non-hydrogen) atoms. The molecule has 3 aliphatic rings. The summed E-state index contributed by atoms with van der Waals surface area (Å²) in [5.41, 5.74) is 2.85. The van der Waals surface area contributed by atoms with E-state index in [4.69, 9.17) is 0 Å². The van der Waals surface area contributed by atoms with Gasteiger partial charge in [-0.05, 0) is 43.0 Å². The molecular weight excluding hydrogens is 264 g/mol. The first-order valence-corrected chi connectivity index (χ1v) is 7.90. The van der Waals surface area contributed by atoms with Crippen LogP contribution >= 0.6 is 0 Å². The third-order valence-corrected chi connectivity index (χ3v) is 5.31. The molecule has 1 saturated carbocycles. The molecule has 1 spiro atoms. The van der Waals surface area contributed by atoms with Crippen molar-refractivity contribution < 1.29 is 9.59 Å². The maximum Gasteiger partial charge on any atom is 0.240 e. The number of carbonyl (C=O) groups excluding carboxylic acids is 2. The van der Waals surface area contributed by atoms with Crippen LogP contribution in [0.5, 0.6) is 0 Å². The van der Waals surface area contributed by atoms with E-state index in [1.807, 2.05) is 12.1 Å². The molecule has 2 aliphatic heterocycles. The number of carbonyl (C=O) groups is 2. The third-order valence-electron chi connectivity index (χ3n) is 5.31. The van der Waals surface area contributed by atoms with Gasteiger partial charge < -0.3 is 5.32 Å². The molecule has 0 atom stereocenters. The van der Waals surface area contributed by atoms with Crippen LogP contribution in [0.15, 0.2) is 18.2 Å². The summed E-state index contributed by atoms with van der Waals surface area (Å²) in [5.74, 6) is 0.0470. The number of hydrogen-bond acceptors (Lipinski definition) is 3. The number of nitrogens with zero attached hydrogens (tertiary/aromatic N) is 1. The summed E-state index contributed by atoms with van der Waals surface area (Å²) in [6, 6.07) is 5.98. The average molecular weight is 284 g/mol. The smallest absolute Gasteiger partial charge is 0.240 e. The van der Waals surface area contributed by atoms with Crippen molar-refractivity contribution in [2.75, 3.05) is 11.4 Å². The lowest BCUT2D eigenvalue weighted by molar-refractivity contribution is -0.125. The Morgan fingerprint density at radius 1 is 1.14 bits per heavy atom. The summed E-state index contributed by atoms with van der Waals surface area (Å²) < 4.78 is 0. The summed E-state index contributed by atoms with van der Waals surface area (Å²) >= 11 is 0. The average Bonchev–Trinajstić information content (AvgIpc) is 3.06. The molecule has 1 aliphatic carbocycles. The molecule has 0 bridgehead atoms. The van der Waals surface area contributed by atoms with Gasteiger partial charge in [0.1, 0.15) is 0 Å². The fraction of sp³-hybridized carbons (Fsp3) is 0.529. The van der Waals surface area contributed by atoms with Gasteiger partial charge in [-0.15, -0.1) is 0 Å². The molecule has 4 heteroatoms. The van der Waals surface area contributed by atoms with E-state index in [2.05, 4.69) is 11.4 Å². The van der Waals surface area contributed by atoms with E-state index in [0.29, 0.717) is 6.42 Å². The van der Waals surface area contributed by atoms with Crippen molar-refractivity contribution in [2.45, 2.75) is 45.1 Å². The molecule has 1 N–H and O–H groups in total. The van der Waals surface area contributed by atoms with Crippen LogP contribution in [0.2, 0.25) is 0 Å². The minimum absolute atomic E-state index is 0.00571. The highest BCUT2D eigenvalue weighted by molar-refractivity contribution is 6.23. The molecule has 0 aromatic heterocycles. The Morgan fingerprint density at radius 2 is 1.95 bits per heavy atom. The summed E-state index contributed by atoms with van der Waals surface area (Å²) in [4.78, 5) is 26.9. The van der Waals surface area contributed by atoms with Crippen LogP contribution in [0, 0.1) is 5.41 Å². The number of benzene rings is 1. The first kappa shape index (κ1) is 13.0. The largest absolute Gasteiger partial charge is 0.312 e. The van der Waals surface area contributed by atoms with Crippen LogP contribution in [0.25, 0.3) is 0 Å². The second kappa shape index (κ2) is 4.67. The summed E-state index contributed by atoms with van der Waals surface area (Å²) in [5, 5.41) is 3.34. The monoisotopic (exact) mass is 284 g/mol. The van der Waals surface area contributed by atoms with Crippen LogP contribution in [0.3, 0.4) is 0 Å². The van der Waals surface area contributed by atoms with Crippen molar-refractivity contribution >= 4 is 17.5 Å². The first-order valence-electron chi connectivity index (χ1n) is 7.90. The molecule has 0 radical (unpaired) electrons. The highest BCUT2D eigenvalue weighted by Crippen LogP contribution is 2.48. The SMILES string of the molecule is O=C1CC2(CCCC2)C(=O)N1c1cccc2c1CCNC2. The molecule has 1 aromatic carbocycles. The minimum atomic E-state index is -0.382. The van der Waals surface area contributed by atoms with Crippen molar-refractivity contribution in [3.05, 3.63) is 29.3 Å². The Labute approximate surface area is 124 Å². The Kier molecular flexibility index (Phi) is 2.89. The number of hydrogen-bond donors (Lipinski definition) is 1. The molecule has 4 rings (SSSR count). The highest BCUT2D eigenvalue weighted by atomic mass is 16.2. The molecule has 2 amide bonds. The summed E-state index contributed by atoms with van der Waals surface area (Å²) in [6.07, 6.45) is 5.20. The topological polar surface area (TPSA) is 49.4 Å². The maximum absolute atomic E-state index is 12.9. The molecule has 1 aromatic rings. The number of imide groups is 1. The molecule has 2 heterocycles. The zero-order chi connectivity index (χ0) is 14.4. The van der Waals surface area contributed by atoms with Gasteiger partial charge in [0.15, 0.2) is 0 Å². The predicted molar refractivity (Wildman–Crippen MR) is 79.9 cm³/mol. The van der Waals surface area contributed by atoms with Crippen LogP contribution in [-0.2, 0) is 22.6 Å². The maximum atomic E-state index is 12.9. The van der Waals surface area contributed by atoms with Crippen LogP contribution < -0.4 is 10.2 Å². The lowest BCUT2D eigenvalue weighted by Gasteiger charge is -2.26. The Morgan fingerprint density at radius 3 is 2.76 bits per heavy atom. The van der Waals surface area contributed by atoms with Crippen LogP contribution in [0.1, 0.15) is 43.2 Å². The fourth-order valence-corrected chi connectivity index (χ4v) is 4.20. The lowest BCUT2D eigenvalue weighted by atomic mass is 9.84. The van der Waals surface area contributed by atoms with E-state index in [1.165, 1.54) is 16.0 Å². The molecule has 110 valence electrons. The predicted octanol–water partition coefficient (Wildman–Crippen LogP) is 2.16. The van der Waals surface area contributed by atoms with Gasteiger partial charge >= 0.3 is 0 Å². The van der Waals surface area contributed by atoms with Gasteiger partial charge in [-0.1, -0.05) is 25.0 Å². The number of amides is 2. The van der Waals surface area contributed by atoms with E-state index in [-0.39, 0.29) is 17.2 Å². The lowest BCUT2D eigenvalue weighted by Crippen LogP contribution is -2.36. The fourth-order valence-electron chi connectivity index (χ4n) is 4.20. The third kappa shape index (κ3) is 1.85. The Balaban J connectivity index is 1.77. The number of rotatable bonds is 1. The van der Waals surface area contributed by atoms with Gasteiger partial charge in [0.05, 0.1) is 11.1 Å². The van der Waals surface area contributed by atoms with Crippen LogP contribution in [0.4, 0.5) is 5.69 Å². The molecule has 4 nitrogen and oxygen atoms in total. The molecular formula is C17H20N2O2. The summed E-state index contributed by atoms with van der Waals surface area (Å²) in [7, 11) is 0. The summed E-state index contributed by atoms with van der Waals surface area (Å²) in [6.45, 7) is 1.73. The van der Waals surface area contributed by atoms with Gasteiger partial charge in [0, 0.05) is 13.0 Å². The van der Waals surface area contributed by atoms with Gasteiger partial charge in [0.2, 0.25) is 11.8 Å². The van der Waals surface area contributed by atoms with E-state index in [9.17, 15) is 9.59 Å². The molecule has 1 saturated heterocycles. The van der Waals surface area contributed by atoms with Crippen molar-refractivity contribution in [3.63, 3.8) is 0 Å². The second-order valence-corrected chi connectivity index (χ2v) is 6.54. The minimum Gasteiger partial charge on any atom is -0.312 e. The zero-order valence-corrected chi connectivity index (χ0v) is 12.2. The molecule has 2 fully saturated rings. The van der Waals surface area contributed by atoms with Crippen molar-refractivity contribution in [1.29, 1.82) is 0 Å². The standard InChI is InChI=1S/C17H20N2O2/c20-15-10-17(7-1-2-8-17)16(21)19(15)14-5-3-4-12-11-18-9-6-13(12)14/h3-5,18H,1-2,6-11H2. The van der Waals surface area contributed by atoms with Gasteiger partial charge in [0.25, 0.3) is 0 Å². The zero-order valence-electron chi connectivity index (χ0n) is 12.2. The van der Waals surface area contributed by atoms with Gasteiger partial charge in [-0.25, -0.2) is 4.90 Å². The van der Waals surface area contributed by atoms with Crippen molar-refractivity contribution in [3.8, 4) is 0 Å². The van der Waals surface area contributed by atoms with Gasteiger partial charge in [-0.2, -0.15) is 0 Å². The van der Waals surface area contributed by atoms with E-state index < -0.39 is 0 Å². The first-order chi connectivity index (χ1) is 10.2. The second-order valence-electron chi connectivity index (χ2n) is 6.54. The number of nitrogens with one attached hydrogen (secondary N) is 1. The highest BCUT2D eigenvalue weighted by Gasteiger charge is 2.53. The number of anilines is 1. The Bertz CT molecular complexity index is 617. The van der Waals surface area contributed by atoms with Crippen LogP contribution in [-0.4, -0.2) is 18.4 Å². The van der Waals surface area contributed by atoms with E-state index in [1.54, 1.807) is 0 Å². The molecule has 0 unspecified atom stereocenters. The van der Waals surface area contributed by atoms with Gasteiger partial charge in [-0.3, -0.25) is 9.59 Å². The van der Waals surface area contributed by atoms with E-state index in [0.717, 1.165) is 50.9 Å². The van der Waals surface area contributed by atoms with E-state index >= 15 is 0 Å². The number of fused-ring (bicyclic) bond motifs is 1. The quantitative estimate of drug-likeness (QED) is 0.804.